The number of nitrogens with zero attached hydrogens (tertiary/aromatic N) is 1. The summed E-state index contributed by atoms with van der Waals surface area (Å²) in [5.74, 6) is 0. The van der Waals surface area contributed by atoms with Crippen molar-refractivity contribution in [3.05, 3.63) is 35.9 Å². The maximum absolute atomic E-state index is 5.32. The van der Waals surface area contributed by atoms with E-state index in [-0.39, 0.29) is 0 Å². The van der Waals surface area contributed by atoms with Gasteiger partial charge in [0.25, 0.3) is 0 Å². The van der Waals surface area contributed by atoms with Gasteiger partial charge >= 0.3 is 0 Å². The summed E-state index contributed by atoms with van der Waals surface area (Å²) < 4.78 is 6.25. The van der Waals surface area contributed by atoms with E-state index in [0.717, 1.165) is 17.6 Å². The molecule has 1 fully saturated rings. The van der Waals surface area contributed by atoms with Crippen molar-refractivity contribution in [2.45, 2.75) is 12.8 Å². The van der Waals surface area contributed by atoms with Crippen LogP contribution in [-0.2, 0) is 11.3 Å². The van der Waals surface area contributed by atoms with Crippen LogP contribution in [0.25, 0.3) is 0 Å². The molecule has 0 N–H and O–H groups in total. The van der Waals surface area contributed by atoms with Gasteiger partial charge in [0.2, 0.25) is 6.23 Å². The third-order valence-corrected chi connectivity index (χ3v) is 2.53. The molecule has 1 saturated heterocycles. The lowest BCUT2D eigenvalue weighted by Gasteiger charge is -2.27. The minimum absolute atomic E-state index is 0.417. The molecule has 2 heteroatoms. The Labute approximate surface area is 79.3 Å². The van der Waals surface area contributed by atoms with Crippen molar-refractivity contribution in [2.24, 2.45) is 0 Å². The number of quaternary nitrogens is 1. The smallest absolute Gasteiger partial charge is 0.217 e. The average molecular weight is 178 g/mol. The summed E-state index contributed by atoms with van der Waals surface area (Å²) in [6.07, 6.45) is 0.417. The van der Waals surface area contributed by atoms with Crippen LogP contribution in [-0.4, -0.2) is 31.4 Å². The summed E-state index contributed by atoms with van der Waals surface area (Å²) in [7, 11) is 4.43. The van der Waals surface area contributed by atoms with Gasteiger partial charge in [0.05, 0.1) is 14.1 Å². The topological polar surface area (TPSA) is 12.5 Å². The number of hydrogen-bond donors (Lipinski definition) is 0. The molecular formula is C11H16NO+. The quantitative estimate of drug-likeness (QED) is 0.506. The van der Waals surface area contributed by atoms with E-state index in [0.29, 0.717) is 6.23 Å². The highest BCUT2D eigenvalue weighted by Gasteiger charge is 2.39. The van der Waals surface area contributed by atoms with Crippen LogP contribution in [0.4, 0.5) is 0 Å². The highest BCUT2D eigenvalue weighted by atomic mass is 16.6. The van der Waals surface area contributed by atoms with Crippen LogP contribution >= 0.6 is 0 Å². The number of likely N-dealkylation sites (N-methyl/N-ethyl adjacent to an activating group) is 1. The van der Waals surface area contributed by atoms with Gasteiger partial charge < -0.3 is 4.74 Å². The van der Waals surface area contributed by atoms with Crippen LogP contribution < -0.4 is 0 Å². The second-order valence-electron chi connectivity index (χ2n) is 4.21. The number of benzene rings is 1. The summed E-state index contributed by atoms with van der Waals surface area (Å²) in [6, 6.07) is 10.6. The summed E-state index contributed by atoms with van der Waals surface area (Å²) in [6.45, 7) is 1.96. The van der Waals surface area contributed by atoms with E-state index >= 15 is 0 Å². The van der Waals surface area contributed by atoms with Crippen molar-refractivity contribution in [1.29, 1.82) is 0 Å². The van der Waals surface area contributed by atoms with E-state index in [4.69, 9.17) is 4.74 Å². The highest BCUT2D eigenvalue weighted by molar-refractivity contribution is 5.13. The Kier molecular flexibility index (Phi) is 2.10. The average Bonchev–Trinajstić information content (AvgIpc) is 2.87. The Morgan fingerprint density at radius 3 is 2.46 bits per heavy atom. The van der Waals surface area contributed by atoms with Gasteiger partial charge in [0.15, 0.2) is 0 Å². The molecule has 13 heavy (non-hydrogen) atoms. The van der Waals surface area contributed by atoms with Crippen LogP contribution in [0.1, 0.15) is 5.56 Å². The molecule has 2 nitrogen and oxygen atoms in total. The van der Waals surface area contributed by atoms with Crippen LogP contribution in [0.15, 0.2) is 30.3 Å². The molecule has 0 saturated carbocycles. The maximum Gasteiger partial charge on any atom is 0.217 e. The summed E-state index contributed by atoms with van der Waals surface area (Å²) >= 11 is 0. The zero-order valence-corrected chi connectivity index (χ0v) is 8.23. The van der Waals surface area contributed by atoms with E-state index in [9.17, 15) is 0 Å². The molecule has 0 unspecified atom stereocenters. The monoisotopic (exact) mass is 178 g/mol. The Bertz CT molecular complexity index is 277. The molecule has 0 radical (unpaired) electrons. The minimum Gasteiger partial charge on any atom is -0.318 e. The Balaban J connectivity index is 2.04. The second kappa shape index (κ2) is 3.13. The summed E-state index contributed by atoms with van der Waals surface area (Å²) in [4.78, 5) is 0. The summed E-state index contributed by atoms with van der Waals surface area (Å²) in [5, 5.41) is 0. The van der Waals surface area contributed by atoms with Crippen molar-refractivity contribution >= 4 is 0 Å². The van der Waals surface area contributed by atoms with Crippen molar-refractivity contribution in [2.75, 3.05) is 20.7 Å². The first kappa shape index (κ1) is 8.73. The Morgan fingerprint density at radius 1 is 1.31 bits per heavy atom. The molecule has 1 aliphatic rings. The van der Waals surface area contributed by atoms with Crippen molar-refractivity contribution < 1.29 is 9.22 Å². The number of rotatable bonds is 3. The van der Waals surface area contributed by atoms with Crippen LogP contribution in [0.2, 0.25) is 0 Å². The fourth-order valence-corrected chi connectivity index (χ4v) is 1.60. The molecule has 70 valence electrons. The first-order valence-corrected chi connectivity index (χ1v) is 4.67. The Morgan fingerprint density at radius 2 is 1.92 bits per heavy atom. The SMILES string of the molecule is C[N+](C)(Cc1ccccc1)[C@H]1CO1. The fraction of sp³-hybridized carbons (Fsp3) is 0.455. The van der Waals surface area contributed by atoms with Gasteiger partial charge in [-0.05, 0) is 0 Å². The number of hydrogen-bond acceptors (Lipinski definition) is 1. The largest absolute Gasteiger partial charge is 0.318 e. The van der Waals surface area contributed by atoms with Gasteiger partial charge in [-0.2, -0.15) is 0 Å². The first-order chi connectivity index (χ1) is 6.18. The lowest BCUT2D eigenvalue weighted by molar-refractivity contribution is -0.923. The normalized spacial score (nSPS) is 21.5. The van der Waals surface area contributed by atoms with Crippen molar-refractivity contribution in [3.63, 3.8) is 0 Å². The molecule has 0 spiro atoms. The van der Waals surface area contributed by atoms with Gasteiger partial charge in [-0.25, -0.2) is 0 Å². The van der Waals surface area contributed by atoms with Gasteiger partial charge in [0.1, 0.15) is 13.2 Å². The molecule has 2 rings (SSSR count). The molecule has 0 aromatic heterocycles. The van der Waals surface area contributed by atoms with E-state index in [1.54, 1.807) is 0 Å². The van der Waals surface area contributed by atoms with Crippen molar-refractivity contribution in [1.82, 2.24) is 0 Å². The summed E-state index contributed by atoms with van der Waals surface area (Å²) in [5.41, 5.74) is 1.38. The molecule has 1 atom stereocenters. The zero-order valence-electron chi connectivity index (χ0n) is 8.23. The molecule has 0 aliphatic carbocycles. The molecule has 0 amide bonds. The molecule has 0 bridgehead atoms. The fourth-order valence-electron chi connectivity index (χ4n) is 1.60. The zero-order chi connectivity index (χ0) is 9.31. The van der Waals surface area contributed by atoms with Gasteiger partial charge in [0, 0.05) is 5.56 Å². The highest BCUT2D eigenvalue weighted by Crippen LogP contribution is 2.23. The van der Waals surface area contributed by atoms with E-state index in [2.05, 4.69) is 44.4 Å². The third-order valence-electron chi connectivity index (χ3n) is 2.53. The lowest BCUT2D eigenvalue weighted by Crippen LogP contribution is -2.41. The van der Waals surface area contributed by atoms with E-state index < -0.39 is 0 Å². The van der Waals surface area contributed by atoms with E-state index in [1.807, 2.05) is 0 Å². The standard InChI is InChI=1S/C11H16NO/c1-12(2,11-9-13-11)8-10-6-4-3-5-7-10/h3-7,11H,8-9H2,1-2H3/q+1/t11-/m1/s1. The molecule has 1 aromatic rings. The Hall–Kier alpha value is -0.860. The van der Waals surface area contributed by atoms with Gasteiger partial charge in [-0.1, -0.05) is 30.3 Å². The van der Waals surface area contributed by atoms with Crippen molar-refractivity contribution in [3.8, 4) is 0 Å². The number of ether oxygens (including phenoxy) is 1. The van der Waals surface area contributed by atoms with Crippen LogP contribution in [0.3, 0.4) is 0 Å². The third kappa shape index (κ3) is 2.08. The molecule has 1 aromatic carbocycles. The van der Waals surface area contributed by atoms with Crippen LogP contribution in [0, 0.1) is 0 Å². The van der Waals surface area contributed by atoms with E-state index in [1.165, 1.54) is 5.56 Å². The number of epoxide rings is 1. The predicted molar refractivity (Wildman–Crippen MR) is 52.0 cm³/mol. The molecule has 1 heterocycles. The second-order valence-corrected chi connectivity index (χ2v) is 4.21. The minimum atomic E-state index is 0.417. The molecule has 1 aliphatic heterocycles. The predicted octanol–water partition coefficient (Wildman–Crippen LogP) is 1.62. The molecular weight excluding hydrogens is 162 g/mol. The lowest BCUT2D eigenvalue weighted by atomic mass is 10.2. The van der Waals surface area contributed by atoms with Gasteiger partial charge in [-0.15, -0.1) is 0 Å². The first-order valence-electron chi connectivity index (χ1n) is 4.67. The van der Waals surface area contributed by atoms with Gasteiger partial charge in [-0.3, -0.25) is 4.48 Å². The van der Waals surface area contributed by atoms with Crippen LogP contribution in [0.5, 0.6) is 0 Å². The maximum atomic E-state index is 5.32.